The van der Waals surface area contributed by atoms with Gasteiger partial charge in [0.1, 0.15) is 10.0 Å². The molecule has 2 heterocycles. The van der Waals surface area contributed by atoms with Gasteiger partial charge >= 0.3 is 0 Å². The highest BCUT2D eigenvalue weighted by Gasteiger charge is 2.22. The van der Waals surface area contributed by atoms with Gasteiger partial charge in [0.2, 0.25) is 5.91 Å². The Hall–Kier alpha value is -3.23. The lowest BCUT2D eigenvalue weighted by Crippen LogP contribution is -2.24. The summed E-state index contributed by atoms with van der Waals surface area (Å²) in [5, 5.41) is 3.90. The highest BCUT2D eigenvalue weighted by atomic mass is 32.2. The fraction of sp³-hybridized carbons (Fsp3) is 0.231. The van der Waals surface area contributed by atoms with Crippen molar-refractivity contribution in [3.05, 3.63) is 70.4 Å². The smallest absolute Gasteiger partial charge is 0.251 e. The van der Waals surface area contributed by atoms with Crippen LogP contribution in [0.4, 0.5) is 5.69 Å². The van der Waals surface area contributed by atoms with Crippen molar-refractivity contribution in [1.29, 1.82) is 0 Å². The van der Waals surface area contributed by atoms with E-state index in [1.165, 1.54) is 17.3 Å². The second kappa shape index (κ2) is 9.56. The number of carbonyl (C=O) groups is 2. The van der Waals surface area contributed by atoms with Crippen LogP contribution in [0.25, 0.3) is 20.8 Å². The molecule has 0 spiro atoms. The van der Waals surface area contributed by atoms with Gasteiger partial charge in [-0.3, -0.25) is 9.59 Å². The summed E-state index contributed by atoms with van der Waals surface area (Å²) >= 11 is 2.88. The van der Waals surface area contributed by atoms with Crippen molar-refractivity contribution in [2.24, 2.45) is 5.73 Å². The summed E-state index contributed by atoms with van der Waals surface area (Å²) in [6.45, 7) is 9.51. The van der Waals surface area contributed by atoms with Crippen LogP contribution in [0, 0.1) is 27.7 Å². The van der Waals surface area contributed by atoms with E-state index in [0.29, 0.717) is 16.3 Å². The zero-order valence-electron chi connectivity index (χ0n) is 19.7. The van der Waals surface area contributed by atoms with Crippen molar-refractivity contribution < 1.29 is 9.59 Å². The van der Waals surface area contributed by atoms with Crippen LogP contribution >= 0.6 is 23.1 Å². The number of primary amides is 1. The first-order chi connectivity index (χ1) is 16.1. The third-order valence-corrected chi connectivity index (χ3v) is 7.96. The van der Waals surface area contributed by atoms with Crippen molar-refractivity contribution in [3.8, 4) is 10.6 Å². The Morgan fingerprint density at radius 2 is 1.71 bits per heavy atom. The first-order valence-electron chi connectivity index (χ1n) is 10.9. The second-order valence-corrected chi connectivity index (χ2v) is 10.7. The molecule has 0 radical (unpaired) electrons. The molecule has 0 saturated heterocycles. The minimum absolute atomic E-state index is 0.179. The number of pyridine rings is 1. The number of benzene rings is 2. The van der Waals surface area contributed by atoms with Gasteiger partial charge in [0.05, 0.1) is 21.0 Å². The predicted octanol–water partition coefficient (Wildman–Crippen LogP) is 5.81. The van der Waals surface area contributed by atoms with Crippen LogP contribution in [-0.4, -0.2) is 27.0 Å². The molecular weight excluding hydrogens is 464 g/mol. The van der Waals surface area contributed by atoms with E-state index in [0.717, 1.165) is 37.6 Å². The summed E-state index contributed by atoms with van der Waals surface area (Å²) in [6, 6.07) is 13.9. The number of aromatic nitrogens is 2. The lowest BCUT2D eigenvalue weighted by molar-refractivity contribution is -0.115. The molecule has 0 unspecified atom stereocenters. The van der Waals surface area contributed by atoms with Crippen LogP contribution in [0.3, 0.4) is 0 Å². The Labute approximate surface area is 207 Å². The number of carbonyl (C=O) groups excluding carboxylic acids is 2. The van der Waals surface area contributed by atoms with Gasteiger partial charge in [0.25, 0.3) is 5.91 Å². The Morgan fingerprint density at radius 3 is 2.38 bits per heavy atom. The third-order valence-electron chi connectivity index (χ3n) is 5.81. The molecule has 4 aromatic rings. The molecule has 0 saturated carbocycles. The second-order valence-electron chi connectivity index (χ2n) is 8.31. The largest absolute Gasteiger partial charge is 0.366 e. The van der Waals surface area contributed by atoms with Crippen LogP contribution in [0.5, 0.6) is 0 Å². The lowest BCUT2D eigenvalue weighted by atomic mass is 10.0. The Morgan fingerprint density at radius 1 is 1.00 bits per heavy atom. The maximum atomic E-state index is 12.9. The van der Waals surface area contributed by atoms with Crippen LogP contribution in [0.15, 0.2) is 47.5 Å². The molecule has 0 aliphatic rings. The topological polar surface area (TPSA) is 98.0 Å². The monoisotopic (exact) mass is 490 g/mol. The molecule has 0 aliphatic heterocycles. The molecule has 174 valence electrons. The molecule has 34 heavy (non-hydrogen) atoms. The average molecular weight is 491 g/mol. The van der Waals surface area contributed by atoms with Crippen molar-refractivity contribution in [1.82, 2.24) is 9.97 Å². The molecule has 0 bridgehead atoms. The van der Waals surface area contributed by atoms with Crippen LogP contribution < -0.4 is 11.1 Å². The maximum Gasteiger partial charge on any atom is 0.251 e. The van der Waals surface area contributed by atoms with E-state index in [2.05, 4.69) is 29.4 Å². The van der Waals surface area contributed by atoms with Crippen LogP contribution in [0.1, 0.15) is 39.7 Å². The van der Waals surface area contributed by atoms with Crippen molar-refractivity contribution in [2.45, 2.75) is 44.9 Å². The number of aryl methyl sites for hydroxylation is 2. The summed E-state index contributed by atoms with van der Waals surface area (Å²) in [5.74, 6) is -0.717. The van der Waals surface area contributed by atoms with Gasteiger partial charge < -0.3 is 11.1 Å². The first kappa shape index (κ1) is 23.9. The molecule has 4 rings (SSSR count). The molecule has 2 aromatic heterocycles. The van der Waals surface area contributed by atoms with Gasteiger partial charge in [-0.1, -0.05) is 17.8 Å². The third kappa shape index (κ3) is 4.83. The summed E-state index contributed by atoms with van der Waals surface area (Å²) in [6.07, 6.45) is 0. The van der Waals surface area contributed by atoms with Gasteiger partial charge in [-0.2, -0.15) is 0 Å². The van der Waals surface area contributed by atoms with Crippen molar-refractivity contribution in [3.63, 3.8) is 0 Å². The molecule has 2 amide bonds. The minimum Gasteiger partial charge on any atom is -0.366 e. The Kier molecular flexibility index (Phi) is 6.72. The zero-order chi connectivity index (χ0) is 24.6. The number of anilines is 1. The van der Waals surface area contributed by atoms with Gasteiger partial charge in [0, 0.05) is 16.9 Å². The van der Waals surface area contributed by atoms with Crippen LogP contribution in [0.2, 0.25) is 0 Å². The van der Waals surface area contributed by atoms with Crippen LogP contribution in [-0.2, 0) is 4.79 Å². The summed E-state index contributed by atoms with van der Waals surface area (Å²) in [7, 11) is 0. The van der Waals surface area contributed by atoms with Gasteiger partial charge in [0.15, 0.2) is 0 Å². The molecule has 3 N–H and O–H groups in total. The zero-order valence-corrected chi connectivity index (χ0v) is 21.4. The lowest BCUT2D eigenvalue weighted by Gasteiger charge is -2.16. The molecule has 1 atom stereocenters. The molecule has 0 fully saturated rings. The number of thiazole rings is 1. The minimum atomic E-state index is -0.538. The van der Waals surface area contributed by atoms with Crippen molar-refractivity contribution >= 4 is 50.8 Å². The molecule has 2 aromatic carbocycles. The van der Waals surface area contributed by atoms with E-state index in [-0.39, 0.29) is 5.91 Å². The quantitative estimate of drug-likeness (QED) is 0.332. The van der Waals surface area contributed by atoms with E-state index in [4.69, 9.17) is 10.7 Å². The SMILES string of the molecule is Cc1ccc2nc(-c3ccc(NC(=O)[C@H](C)Sc4nc(C)c(C)c(C)c4C(N)=O)cc3)sc2c1. The highest BCUT2D eigenvalue weighted by molar-refractivity contribution is 8.00. The van der Waals surface area contributed by atoms with E-state index in [1.807, 2.05) is 51.1 Å². The fourth-order valence-electron chi connectivity index (χ4n) is 3.60. The Balaban J connectivity index is 1.48. The normalized spacial score (nSPS) is 12.0. The first-order valence-corrected chi connectivity index (χ1v) is 12.6. The number of amides is 2. The predicted molar refractivity (Wildman–Crippen MR) is 141 cm³/mol. The maximum absolute atomic E-state index is 12.9. The van der Waals surface area contributed by atoms with Gasteiger partial charge in [-0.05, 0) is 87.7 Å². The Bertz CT molecular complexity index is 1410. The van der Waals surface area contributed by atoms with Crippen molar-refractivity contribution in [2.75, 3.05) is 5.32 Å². The number of fused-ring (bicyclic) bond motifs is 1. The molecule has 6 nitrogen and oxygen atoms in total. The van der Waals surface area contributed by atoms with E-state index in [1.54, 1.807) is 18.3 Å². The van der Waals surface area contributed by atoms with Gasteiger partial charge in [-0.15, -0.1) is 11.3 Å². The average Bonchev–Trinajstić information content (AvgIpc) is 3.21. The summed E-state index contributed by atoms with van der Waals surface area (Å²) in [5.41, 5.74) is 12.4. The van der Waals surface area contributed by atoms with E-state index >= 15 is 0 Å². The number of hydrogen-bond acceptors (Lipinski definition) is 6. The fourth-order valence-corrected chi connectivity index (χ4v) is 5.73. The molecule has 0 aliphatic carbocycles. The highest BCUT2D eigenvalue weighted by Crippen LogP contribution is 2.32. The number of thioether (sulfide) groups is 1. The van der Waals surface area contributed by atoms with E-state index < -0.39 is 11.2 Å². The number of nitrogens with one attached hydrogen (secondary N) is 1. The number of hydrogen-bond donors (Lipinski definition) is 2. The number of nitrogens with two attached hydrogens (primary N) is 1. The number of nitrogens with zero attached hydrogens (tertiary/aromatic N) is 2. The standard InChI is InChI=1S/C26H26N4O2S2/c1-13-6-11-20-21(12-13)34-25(30-20)18-7-9-19(10-8-18)29-24(32)17(5)33-26-22(23(27)31)15(3)14(2)16(4)28-26/h6-12,17H,1-5H3,(H2,27,31)(H,29,32)/t17-/m0/s1. The molecular formula is C26H26N4O2S2. The van der Waals surface area contributed by atoms with E-state index in [9.17, 15) is 9.59 Å². The number of rotatable bonds is 6. The summed E-state index contributed by atoms with van der Waals surface area (Å²) in [4.78, 5) is 34.1. The summed E-state index contributed by atoms with van der Waals surface area (Å²) < 4.78 is 1.16. The molecule has 8 heteroatoms. The van der Waals surface area contributed by atoms with Gasteiger partial charge in [-0.25, -0.2) is 9.97 Å².